The van der Waals surface area contributed by atoms with Crippen LogP contribution >= 0.6 is 10.1 Å². The summed E-state index contributed by atoms with van der Waals surface area (Å²) in [6.45, 7) is 47.1. The van der Waals surface area contributed by atoms with Crippen LogP contribution in [0.1, 0.15) is 154 Å². The third kappa shape index (κ3) is 9.72. The summed E-state index contributed by atoms with van der Waals surface area (Å²) < 4.78 is 2.30. The zero-order valence-electron chi connectivity index (χ0n) is 32.7. The van der Waals surface area contributed by atoms with Crippen molar-refractivity contribution in [2.75, 3.05) is 62.2 Å². The van der Waals surface area contributed by atoms with Crippen molar-refractivity contribution in [1.29, 1.82) is 0 Å². The number of nitrogens with zero attached hydrogens (tertiary/aromatic N) is 4. The topological polar surface area (TPSA) is 6.48 Å². The van der Waals surface area contributed by atoms with Gasteiger partial charge in [0.25, 0.3) is 0 Å². The molecule has 2 aromatic carbocycles. The van der Waals surface area contributed by atoms with E-state index in [0.29, 0.717) is 23.7 Å². The predicted octanol–water partition coefficient (Wildman–Crippen LogP) is 11.1. The van der Waals surface area contributed by atoms with Crippen LogP contribution in [0.5, 0.6) is 0 Å². The van der Waals surface area contributed by atoms with Gasteiger partial charge in [0.1, 0.15) is 13.1 Å². The third-order valence-corrected chi connectivity index (χ3v) is 11.4. The molecule has 1 heterocycles. The second kappa shape index (κ2) is 18.7. The first kappa shape index (κ1) is 41.9. The molecule has 0 amide bonds. The summed E-state index contributed by atoms with van der Waals surface area (Å²) in [5.74, 6) is 1.88. The van der Waals surface area contributed by atoms with Crippen LogP contribution in [-0.4, -0.2) is 61.3 Å². The molecule has 0 N–H and O–H groups in total. The number of hydrogen-bond donors (Lipinski definition) is 0. The average Bonchev–Trinajstić information content (AvgIpc) is 3.55. The summed E-state index contributed by atoms with van der Waals surface area (Å²) in [4.78, 5) is 5.20. The van der Waals surface area contributed by atoms with Gasteiger partial charge in [-0.3, -0.25) is 0 Å². The van der Waals surface area contributed by atoms with E-state index in [-0.39, 0.29) is 0 Å². The minimum absolute atomic E-state index is 0.470. The van der Waals surface area contributed by atoms with Crippen molar-refractivity contribution in [2.24, 2.45) is 0 Å². The fourth-order valence-electron chi connectivity index (χ4n) is 7.72. The van der Waals surface area contributed by atoms with Gasteiger partial charge in [-0.1, -0.05) is 55.4 Å². The Labute approximate surface area is 304 Å². The maximum absolute atomic E-state index is 4.20. The zero-order valence-corrected chi connectivity index (χ0v) is 34.4. The summed E-state index contributed by atoms with van der Waals surface area (Å²) in [5.41, 5.74) is 12.0. The van der Waals surface area contributed by atoms with Crippen LogP contribution in [-0.2, 0) is 28.2 Å². The molecule has 3 rings (SSSR count). The van der Waals surface area contributed by atoms with E-state index in [2.05, 4.69) is 163 Å². The van der Waals surface area contributed by atoms with Crippen LogP contribution in [0.25, 0.3) is 0 Å². The molecule has 271 valence electrons. The van der Waals surface area contributed by atoms with Gasteiger partial charge in [0, 0.05) is 35.6 Å². The summed E-state index contributed by atoms with van der Waals surface area (Å²) in [7, 11) is 4.20. The first-order valence-corrected chi connectivity index (χ1v) is 20.1. The van der Waals surface area contributed by atoms with E-state index >= 15 is 0 Å². The molecule has 6 heteroatoms. The van der Waals surface area contributed by atoms with Crippen LogP contribution in [0.3, 0.4) is 0 Å². The molecular formula is C41H71ClCuN4+2. The Hall–Kier alpha value is -1.23. The van der Waals surface area contributed by atoms with E-state index in [0.717, 1.165) is 35.1 Å². The molecular weight excluding hydrogens is 647 g/mol. The molecule has 0 radical (unpaired) electrons. The van der Waals surface area contributed by atoms with E-state index in [1.54, 1.807) is 0 Å². The zero-order chi connectivity index (χ0) is 35.7. The van der Waals surface area contributed by atoms with Gasteiger partial charge in [-0.05, 0) is 112 Å². The molecule has 0 atom stereocenters. The van der Waals surface area contributed by atoms with Crippen LogP contribution in [0.15, 0.2) is 24.3 Å². The Morgan fingerprint density at radius 2 is 0.766 bits per heavy atom. The average molecular weight is 719 g/mol. The summed E-state index contributed by atoms with van der Waals surface area (Å²) in [5, 5.41) is 0. The van der Waals surface area contributed by atoms with Gasteiger partial charge < -0.3 is 18.8 Å². The Morgan fingerprint density at radius 1 is 0.532 bits per heavy atom. The molecule has 2 aromatic rings. The first-order chi connectivity index (χ1) is 22.2. The van der Waals surface area contributed by atoms with Gasteiger partial charge >= 0.3 is 25.2 Å². The number of hydrogen-bond acceptors (Lipinski definition) is 2. The molecule has 0 saturated carbocycles. The molecule has 1 aliphatic rings. The van der Waals surface area contributed by atoms with Crippen LogP contribution in [0.2, 0.25) is 0 Å². The van der Waals surface area contributed by atoms with Gasteiger partial charge in [0.2, 0.25) is 0 Å². The molecule has 1 saturated heterocycles. The van der Waals surface area contributed by atoms with Gasteiger partial charge in [0.15, 0.2) is 0 Å². The van der Waals surface area contributed by atoms with Crippen molar-refractivity contribution in [2.45, 2.75) is 134 Å². The Balaban J connectivity index is 0.00000376. The Kier molecular flexibility index (Phi) is 16.7. The van der Waals surface area contributed by atoms with Crippen molar-refractivity contribution in [3.05, 3.63) is 64.3 Å². The van der Waals surface area contributed by atoms with E-state index < -0.39 is 0 Å². The molecule has 0 unspecified atom stereocenters. The second-order valence-corrected chi connectivity index (χ2v) is 15.3. The van der Waals surface area contributed by atoms with Gasteiger partial charge in [-0.25, -0.2) is 0 Å². The molecule has 0 aliphatic carbocycles. The second-order valence-electron chi connectivity index (χ2n) is 15.3. The van der Waals surface area contributed by atoms with Crippen molar-refractivity contribution >= 4 is 21.5 Å². The van der Waals surface area contributed by atoms with Crippen molar-refractivity contribution in [3.8, 4) is 0 Å². The first-order valence-electron chi connectivity index (χ1n) is 18.8. The van der Waals surface area contributed by atoms with Gasteiger partial charge in [-0.2, -0.15) is 6.67 Å². The summed E-state index contributed by atoms with van der Waals surface area (Å²) in [6, 6.07) is 10.2. The number of rotatable bonds is 16. The fourth-order valence-corrected chi connectivity index (χ4v) is 7.72. The maximum atomic E-state index is 4.20. The molecule has 4 nitrogen and oxygen atoms in total. The number of anilines is 2. The molecule has 0 spiro atoms. The number of benzene rings is 2. The quantitative estimate of drug-likeness (QED) is 0.0969. The van der Waals surface area contributed by atoms with E-state index in [9.17, 15) is 0 Å². The Bertz CT molecular complexity index is 1080. The van der Waals surface area contributed by atoms with E-state index in [1.165, 1.54) is 84.0 Å². The molecule has 1 fully saturated rings. The molecule has 0 aromatic heterocycles. The Morgan fingerprint density at radius 3 is 0.957 bits per heavy atom. The monoisotopic (exact) mass is 717 g/mol. The van der Waals surface area contributed by atoms with Crippen LogP contribution in [0, 0.1) is 6.67 Å². The summed E-state index contributed by atoms with van der Waals surface area (Å²) >= 11 is 3.66. The number of halogens is 1. The standard InChI is InChI=1S/C41H71N4.ClH.Cu/c1-15-44(16-2,17-3)27-34-23-36(30(7)8)40(37(24-34)31(9)10)42-21-22-43(29-42)41-38(32(11)12)25-35(26-39(41)33(13)14)28-45(18-4,19-5)20-6;;/h23-26,29-33H,15-22,27-28H2,1-14H3;1H;/q+1;;+2/p-1. The SMILES string of the molecule is CC[N+](CC)(CC)Cc1cc(C(C)C)c(N2[CH-]N(c3c(C(C)C)cc(C[N+](CC)(CC)CC)cc3C(C)C)CC2)c(C(C)C)c1.[Cl][Cu+]. The predicted molar refractivity (Wildman–Crippen MR) is 205 cm³/mol. The van der Waals surface area contributed by atoms with Crippen LogP contribution in [0.4, 0.5) is 11.4 Å². The van der Waals surface area contributed by atoms with E-state index in [4.69, 9.17) is 0 Å². The van der Waals surface area contributed by atoms with Gasteiger partial charge in [0.05, 0.1) is 39.3 Å². The molecule has 0 bridgehead atoms. The molecule has 1 aliphatic heterocycles. The normalized spacial score (nSPS) is 14.2. The van der Waals surface area contributed by atoms with E-state index in [1.807, 2.05) is 0 Å². The fraction of sp³-hybridized carbons (Fsp3) is 0.683. The number of quaternary nitrogens is 2. The van der Waals surface area contributed by atoms with Crippen molar-refractivity contribution in [3.63, 3.8) is 0 Å². The van der Waals surface area contributed by atoms with Crippen molar-refractivity contribution in [1.82, 2.24) is 0 Å². The van der Waals surface area contributed by atoms with Crippen molar-refractivity contribution < 1.29 is 24.1 Å². The third-order valence-electron chi connectivity index (χ3n) is 11.4. The van der Waals surface area contributed by atoms with Gasteiger partial charge in [-0.15, -0.1) is 0 Å². The molecule has 47 heavy (non-hydrogen) atoms. The minimum atomic E-state index is 0.470. The van der Waals surface area contributed by atoms with Crippen LogP contribution < -0.4 is 9.80 Å². The summed E-state index contributed by atoms with van der Waals surface area (Å²) in [6.07, 6.45) is 0.